The summed E-state index contributed by atoms with van der Waals surface area (Å²) < 4.78 is 11.0. The molecule has 0 fully saturated rings. The molecule has 0 atom stereocenters. The highest BCUT2D eigenvalue weighted by molar-refractivity contribution is 6.31. The Labute approximate surface area is 131 Å². The monoisotopic (exact) mass is 316 g/mol. The van der Waals surface area contributed by atoms with Crippen LogP contribution in [0.4, 0.5) is 0 Å². The maximum Gasteiger partial charge on any atom is 0.163 e. The number of benzene rings is 1. The second kappa shape index (κ2) is 9.84. The van der Waals surface area contributed by atoms with Crippen molar-refractivity contribution in [1.29, 1.82) is 0 Å². The molecule has 0 aromatic heterocycles. The first-order chi connectivity index (χ1) is 10.1. The van der Waals surface area contributed by atoms with E-state index in [-0.39, 0.29) is 12.7 Å². The van der Waals surface area contributed by atoms with Crippen LogP contribution in [0.5, 0.6) is 11.5 Å². The normalized spacial score (nSPS) is 11.0. The maximum atomic E-state index is 8.66. The summed E-state index contributed by atoms with van der Waals surface area (Å²) >= 11 is 6.28. The lowest BCUT2D eigenvalue weighted by Crippen LogP contribution is -2.28. The molecule has 0 heterocycles. The van der Waals surface area contributed by atoms with Crippen LogP contribution in [0.3, 0.4) is 0 Å². The van der Waals surface area contributed by atoms with E-state index in [4.69, 9.17) is 26.2 Å². The van der Waals surface area contributed by atoms with E-state index in [0.717, 1.165) is 18.7 Å². The van der Waals surface area contributed by atoms with Crippen molar-refractivity contribution >= 4 is 11.6 Å². The fourth-order valence-electron chi connectivity index (χ4n) is 1.82. The Bertz CT molecular complexity index is 428. The number of rotatable bonds is 10. The minimum Gasteiger partial charge on any atom is -0.493 e. The molecule has 0 spiro atoms. The highest BCUT2D eigenvalue weighted by Gasteiger charge is 2.11. The topological polar surface area (TPSA) is 62.8 Å². The third-order valence-electron chi connectivity index (χ3n) is 2.78. The molecule has 5 nitrogen and oxygen atoms in total. The molecule has 0 aliphatic heterocycles. The smallest absolute Gasteiger partial charge is 0.163 e. The van der Waals surface area contributed by atoms with E-state index in [1.54, 1.807) is 13.2 Å². The molecule has 1 rings (SSSR count). The van der Waals surface area contributed by atoms with Crippen molar-refractivity contribution in [2.24, 2.45) is 0 Å². The summed E-state index contributed by atoms with van der Waals surface area (Å²) in [6.45, 7) is 6.92. The van der Waals surface area contributed by atoms with Crippen molar-refractivity contribution in [3.8, 4) is 11.5 Å². The SMILES string of the molecule is COc1cc(CNCCNCCO)c(Cl)cc1OC(C)C. The molecule has 3 N–H and O–H groups in total. The number of halogens is 1. The predicted octanol–water partition coefficient (Wildman–Crippen LogP) is 1.81. The molecule has 1 aromatic rings. The number of aliphatic hydroxyl groups excluding tert-OH is 1. The first-order valence-electron chi connectivity index (χ1n) is 7.13. The third kappa shape index (κ3) is 6.52. The second-order valence-electron chi connectivity index (χ2n) is 4.91. The van der Waals surface area contributed by atoms with Gasteiger partial charge in [-0.05, 0) is 25.5 Å². The van der Waals surface area contributed by atoms with Gasteiger partial charge in [-0.2, -0.15) is 0 Å². The van der Waals surface area contributed by atoms with Gasteiger partial charge in [0.2, 0.25) is 0 Å². The van der Waals surface area contributed by atoms with Crippen LogP contribution in [0.1, 0.15) is 19.4 Å². The van der Waals surface area contributed by atoms with Gasteiger partial charge < -0.3 is 25.2 Å². The lowest BCUT2D eigenvalue weighted by molar-refractivity contribution is 0.230. The Balaban J connectivity index is 2.58. The van der Waals surface area contributed by atoms with Crippen molar-refractivity contribution < 1.29 is 14.6 Å². The molecule has 6 heteroatoms. The molecule has 0 unspecified atom stereocenters. The molecule has 0 aliphatic carbocycles. The van der Waals surface area contributed by atoms with E-state index in [2.05, 4.69) is 10.6 Å². The van der Waals surface area contributed by atoms with E-state index in [9.17, 15) is 0 Å². The Hall–Kier alpha value is -1.01. The van der Waals surface area contributed by atoms with Crippen LogP contribution < -0.4 is 20.1 Å². The zero-order chi connectivity index (χ0) is 15.7. The summed E-state index contributed by atoms with van der Waals surface area (Å²) in [6, 6.07) is 3.69. The molecule has 21 heavy (non-hydrogen) atoms. The van der Waals surface area contributed by atoms with Gasteiger partial charge in [-0.3, -0.25) is 0 Å². The molecule has 0 aliphatic rings. The van der Waals surface area contributed by atoms with Crippen LogP contribution >= 0.6 is 11.6 Å². The van der Waals surface area contributed by atoms with Crippen LogP contribution in [0.15, 0.2) is 12.1 Å². The van der Waals surface area contributed by atoms with E-state index in [1.165, 1.54) is 0 Å². The van der Waals surface area contributed by atoms with Crippen LogP contribution in [-0.2, 0) is 6.54 Å². The number of hydrogen-bond acceptors (Lipinski definition) is 5. The Morgan fingerprint density at radius 1 is 1.14 bits per heavy atom. The molecule has 120 valence electrons. The first-order valence-corrected chi connectivity index (χ1v) is 7.51. The third-order valence-corrected chi connectivity index (χ3v) is 3.13. The number of methoxy groups -OCH3 is 1. The molecule has 0 amide bonds. The first kappa shape index (κ1) is 18.0. The largest absolute Gasteiger partial charge is 0.493 e. The number of hydrogen-bond donors (Lipinski definition) is 3. The van der Waals surface area contributed by atoms with Gasteiger partial charge in [-0.1, -0.05) is 11.6 Å². The standard InChI is InChI=1S/C15H25ClN2O3/c1-11(2)21-15-9-13(16)12(8-14(15)20-3)10-18-5-4-17-6-7-19/h8-9,11,17-19H,4-7,10H2,1-3H3. The van der Waals surface area contributed by atoms with Gasteiger partial charge in [-0.15, -0.1) is 0 Å². The molecular weight excluding hydrogens is 292 g/mol. The van der Waals surface area contributed by atoms with Crippen molar-refractivity contribution in [1.82, 2.24) is 10.6 Å². The van der Waals surface area contributed by atoms with Crippen molar-refractivity contribution in [3.63, 3.8) is 0 Å². The van der Waals surface area contributed by atoms with E-state index in [0.29, 0.717) is 29.6 Å². The van der Waals surface area contributed by atoms with Gasteiger partial charge in [0.1, 0.15) is 0 Å². The minimum absolute atomic E-state index is 0.0662. The lowest BCUT2D eigenvalue weighted by Gasteiger charge is -2.16. The van der Waals surface area contributed by atoms with Gasteiger partial charge in [0, 0.05) is 37.3 Å². The van der Waals surface area contributed by atoms with Crippen LogP contribution in [0.25, 0.3) is 0 Å². The highest BCUT2D eigenvalue weighted by Crippen LogP contribution is 2.33. The van der Waals surface area contributed by atoms with Crippen LogP contribution in [0.2, 0.25) is 5.02 Å². The summed E-state index contributed by atoms with van der Waals surface area (Å²) in [5.41, 5.74) is 0.965. The predicted molar refractivity (Wildman–Crippen MR) is 85.4 cm³/mol. The van der Waals surface area contributed by atoms with Crippen molar-refractivity contribution in [2.75, 3.05) is 33.4 Å². The lowest BCUT2D eigenvalue weighted by atomic mass is 10.2. The Morgan fingerprint density at radius 3 is 2.48 bits per heavy atom. The van der Waals surface area contributed by atoms with E-state index >= 15 is 0 Å². The zero-order valence-electron chi connectivity index (χ0n) is 12.9. The van der Waals surface area contributed by atoms with Gasteiger partial charge in [-0.25, -0.2) is 0 Å². The molecule has 1 aromatic carbocycles. The average Bonchev–Trinajstić information content (AvgIpc) is 2.44. The Kier molecular flexibility index (Phi) is 8.45. The summed E-state index contributed by atoms with van der Waals surface area (Å²) in [7, 11) is 1.62. The van der Waals surface area contributed by atoms with E-state index < -0.39 is 0 Å². The molecular formula is C15H25ClN2O3. The minimum atomic E-state index is 0.0662. The molecule has 0 saturated heterocycles. The van der Waals surface area contributed by atoms with Crippen LogP contribution in [0, 0.1) is 0 Å². The van der Waals surface area contributed by atoms with Gasteiger partial charge in [0.25, 0.3) is 0 Å². The van der Waals surface area contributed by atoms with Crippen molar-refractivity contribution in [3.05, 3.63) is 22.7 Å². The summed E-state index contributed by atoms with van der Waals surface area (Å²) in [4.78, 5) is 0. The summed E-state index contributed by atoms with van der Waals surface area (Å²) in [6.07, 6.45) is 0.0662. The van der Waals surface area contributed by atoms with Gasteiger partial charge in [0.05, 0.1) is 19.8 Å². The van der Waals surface area contributed by atoms with E-state index in [1.807, 2.05) is 19.9 Å². The number of ether oxygens (including phenoxy) is 2. The number of aliphatic hydroxyl groups is 1. The molecule has 0 bridgehead atoms. The average molecular weight is 317 g/mol. The summed E-state index contributed by atoms with van der Waals surface area (Å²) in [5.74, 6) is 1.34. The highest BCUT2D eigenvalue weighted by atomic mass is 35.5. The van der Waals surface area contributed by atoms with Gasteiger partial charge >= 0.3 is 0 Å². The fourth-order valence-corrected chi connectivity index (χ4v) is 2.04. The maximum absolute atomic E-state index is 8.66. The second-order valence-corrected chi connectivity index (χ2v) is 5.32. The van der Waals surface area contributed by atoms with Gasteiger partial charge in [0.15, 0.2) is 11.5 Å². The van der Waals surface area contributed by atoms with Crippen LogP contribution in [-0.4, -0.2) is 44.6 Å². The molecule has 0 saturated carbocycles. The zero-order valence-corrected chi connectivity index (χ0v) is 13.7. The fraction of sp³-hybridized carbons (Fsp3) is 0.600. The number of nitrogens with one attached hydrogen (secondary N) is 2. The molecule has 0 radical (unpaired) electrons. The van der Waals surface area contributed by atoms with Crippen molar-refractivity contribution in [2.45, 2.75) is 26.5 Å². The summed E-state index contributed by atoms with van der Waals surface area (Å²) in [5, 5.41) is 15.7. The quantitative estimate of drug-likeness (QED) is 0.575. The Morgan fingerprint density at radius 2 is 1.86 bits per heavy atom.